The molecule has 0 aliphatic heterocycles. The van der Waals surface area contributed by atoms with E-state index in [4.69, 9.17) is 4.42 Å². The van der Waals surface area contributed by atoms with Crippen molar-refractivity contribution in [1.29, 1.82) is 0 Å². The lowest BCUT2D eigenvalue weighted by Crippen LogP contribution is -2.06. The summed E-state index contributed by atoms with van der Waals surface area (Å²) in [5.74, 6) is -1.16. The minimum Gasteiger partial charge on any atom is -0.407 e. The highest BCUT2D eigenvalue weighted by Gasteiger charge is 2.24. The van der Waals surface area contributed by atoms with Gasteiger partial charge in [0, 0.05) is 22.3 Å². The molecule has 0 saturated heterocycles. The van der Waals surface area contributed by atoms with Gasteiger partial charge in [0.05, 0.1) is 30.7 Å². The molecule has 0 radical (unpaired) electrons. The lowest BCUT2D eigenvalue weighted by molar-refractivity contribution is 0.102. The zero-order valence-corrected chi connectivity index (χ0v) is 16.5. The molecule has 32 heavy (non-hydrogen) atoms. The average molecular weight is 425 g/mol. The molecule has 2 aromatic carbocycles. The molecule has 0 amide bonds. The van der Waals surface area contributed by atoms with Crippen molar-refractivity contribution in [2.45, 2.75) is 0 Å². The highest BCUT2D eigenvalue weighted by molar-refractivity contribution is 6.14. The second-order valence-corrected chi connectivity index (χ2v) is 6.90. The number of aromatic amines is 3. The number of nitrogens with zero attached hydrogens (tertiary/aromatic N) is 2. The topological polar surface area (TPSA) is 138 Å². The molecule has 3 aromatic heterocycles. The van der Waals surface area contributed by atoms with Gasteiger partial charge in [0.25, 0.3) is 0 Å². The van der Waals surface area contributed by atoms with Crippen LogP contribution in [0, 0.1) is 0 Å². The first-order valence-corrected chi connectivity index (χ1v) is 9.61. The Kier molecular flexibility index (Phi) is 4.68. The molecule has 0 bridgehead atoms. The quantitative estimate of drug-likeness (QED) is 0.357. The molecule has 9 heteroatoms. The van der Waals surface area contributed by atoms with Gasteiger partial charge in [0.1, 0.15) is 11.4 Å². The van der Waals surface area contributed by atoms with Crippen molar-refractivity contribution in [3.05, 3.63) is 107 Å². The number of carbonyl (C=O) groups excluding carboxylic acids is 2. The van der Waals surface area contributed by atoms with Crippen LogP contribution in [-0.4, -0.2) is 36.5 Å². The average Bonchev–Trinajstić information content (AvgIpc) is 3.60. The van der Waals surface area contributed by atoms with E-state index >= 15 is 0 Å². The fourth-order valence-corrected chi connectivity index (χ4v) is 3.54. The van der Waals surface area contributed by atoms with Crippen LogP contribution >= 0.6 is 0 Å². The Balaban J connectivity index is 1.68. The van der Waals surface area contributed by atoms with Crippen molar-refractivity contribution in [2.75, 3.05) is 0 Å². The number of benzene rings is 2. The Labute approximate surface area is 180 Å². The van der Waals surface area contributed by atoms with E-state index in [2.05, 4.69) is 24.9 Å². The third-order valence-electron chi connectivity index (χ3n) is 4.99. The van der Waals surface area contributed by atoms with Crippen LogP contribution < -0.4 is 5.76 Å². The molecule has 0 aliphatic rings. The van der Waals surface area contributed by atoms with Gasteiger partial charge in [0.15, 0.2) is 5.76 Å². The molecule has 0 atom stereocenters. The first-order valence-electron chi connectivity index (χ1n) is 9.61. The number of carbonyl (C=O) groups is 2. The largest absolute Gasteiger partial charge is 0.417 e. The highest BCUT2D eigenvalue weighted by atomic mass is 16.4. The van der Waals surface area contributed by atoms with E-state index in [0.717, 1.165) is 0 Å². The van der Waals surface area contributed by atoms with Crippen LogP contribution in [0.25, 0.3) is 22.6 Å². The Morgan fingerprint density at radius 2 is 1.28 bits per heavy atom. The standard InChI is InChI=1S/C23H15N5O4/c29-20(17-9-24-11-26-17)14-6-2-1-5-13(14)19-22(32-23(31)28-19)16-8-4-3-7-15(16)21(30)18-10-25-12-27-18/h1-12H,(H,24,26)(H,25,27)(H,28,31). The smallest absolute Gasteiger partial charge is 0.407 e. The van der Waals surface area contributed by atoms with Gasteiger partial charge < -0.3 is 14.4 Å². The van der Waals surface area contributed by atoms with E-state index in [0.29, 0.717) is 39.3 Å². The van der Waals surface area contributed by atoms with Crippen molar-refractivity contribution in [3.8, 4) is 22.6 Å². The van der Waals surface area contributed by atoms with Crippen molar-refractivity contribution in [3.63, 3.8) is 0 Å². The van der Waals surface area contributed by atoms with E-state index in [1.165, 1.54) is 25.0 Å². The molecule has 3 heterocycles. The van der Waals surface area contributed by atoms with Gasteiger partial charge in [-0.05, 0) is 0 Å². The second kappa shape index (κ2) is 7.80. The van der Waals surface area contributed by atoms with Crippen molar-refractivity contribution < 1.29 is 14.0 Å². The van der Waals surface area contributed by atoms with Crippen LogP contribution in [0.5, 0.6) is 0 Å². The predicted octanol–water partition coefficient (Wildman–Crippen LogP) is 3.21. The summed E-state index contributed by atoms with van der Waals surface area (Å²) in [6.45, 7) is 0. The van der Waals surface area contributed by atoms with Gasteiger partial charge in [-0.1, -0.05) is 48.5 Å². The fourth-order valence-electron chi connectivity index (χ4n) is 3.54. The maximum Gasteiger partial charge on any atom is 0.417 e. The second-order valence-electron chi connectivity index (χ2n) is 6.90. The highest BCUT2D eigenvalue weighted by Crippen LogP contribution is 2.34. The van der Waals surface area contributed by atoms with E-state index in [1.807, 2.05) is 0 Å². The van der Waals surface area contributed by atoms with Crippen LogP contribution in [0.4, 0.5) is 0 Å². The van der Waals surface area contributed by atoms with Crippen LogP contribution in [0.1, 0.15) is 32.1 Å². The SMILES string of the molecule is O=C(c1cnc[nH]1)c1ccccc1-c1[nH]c(=O)oc1-c1ccccc1C(=O)c1cnc[nH]1. The molecule has 5 aromatic rings. The molecule has 156 valence electrons. The molecule has 5 rings (SSSR count). The number of hydrogen-bond donors (Lipinski definition) is 3. The number of oxazole rings is 1. The minimum atomic E-state index is -0.706. The number of rotatable bonds is 6. The summed E-state index contributed by atoms with van der Waals surface area (Å²) in [5, 5.41) is 0. The Bertz CT molecular complexity index is 1370. The summed E-state index contributed by atoms with van der Waals surface area (Å²) in [6, 6.07) is 13.6. The molecule has 9 nitrogen and oxygen atoms in total. The van der Waals surface area contributed by atoms with E-state index in [-0.39, 0.29) is 17.3 Å². The van der Waals surface area contributed by atoms with Gasteiger partial charge in [0.2, 0.25) is 11.6 Å². The number of aromatic nitrogens is 5. The third kappa shape index (κ3) is 3.27. The fraction of sp³-hybridized carbons (Fsp3) is 0. The molecule has 0 spiro atoms. The number of imidazole rings is 2. The Morgan fingerprint density at radius 3 is 1.84 bits per heavy atom. The van der Waals surface area contributed by atoms with Crippen LogP contribution in [-0.2, 0) is 0 Å². The summed E-state index contributed by atoms with van der Waals surface area (Å²) in [7, 11) is 0. The summed E-state index contributed by atoms with van der Waals surface area (Å²) in [6.07, 6.45) is 5.68. The maximum atomic E-state index is 13.0. The van der Waals surface area contributed by atoms with E-state index in [9.17, 15) is 14.4 Å². The van der Waals surface area contributed by atoms with E-state index in [1.54, 1.807) is 48.5 Å². The number of nitrogens with one attached hydrogen (secondary N) is 3. The van der Waals surface area contributed by atoms with Gasteiger partial charge in [-0.3, -0.25) is 14.6 Å². The first kappa shape index (κ1) is 19.2. The molecule has 0 aliphatic carbocycles. The monoisotopic (exact) mass is 425 g/mol. The number of H-pyrrole nitrogens is 3. The summed E-state index contributed by atoms with van der Waals surface area (Å²) < 4.78 is 5.47. The van der Waals surface area contributed by atoms with E-state index < -0.39 is 5.76 Å². The van der Waals surface area contributed by atoms with Gasteiger partial charge in [-0.25, -0.2) is 14.8 Å². The normalized spacial score (nSPS) is 10.9. The Morgan fingerprint density at radius 1 is 0.750 bits per heavy atom. The summed E-state index contributed by atoms with van der Waals surface area (Å²) in [4.78, 5) is 54.3. The molecule has 0 fully saturated rings. The maximum absolute atomic E-state index is 13.0. The molecule has 0 unspecified atom stereocenters. The Hall–Kier alpha value is -4.79. The van der Waals surface area contributed by atoms with Crippen LogP contribution in [0.3, 0.4) is 0 Å². The predicted molar refractivity (Wildman–Crippen MR) is 114 cm³/mol. The number of ketones is 2. The lowest BCUT2D eigenvalue weighted by atomic mass is 9.94. The molecule has 0 saturated carbocycles. The van der Waals surface area contributed by atoms with Crippen molar-refractivity contribution in [2.24, 2.45) is 0 Å². The minimum absolute atomic E-state index is 0.156. The molecule has 3 N–H and O–H groups in total. The van der Waals surface area contributed by atoms with Gasteiger partial charge in [-0.2, -0.15) is 0 Å². The summed E-state index contributed by atoms with van der Waals surface area (Å²) >= 11 is 0. The van der Waals surface area contributed by atoms with Crippen LogP contribution in [0.15, 0.2) is 82.8 Å². The zero-order chi connectivity index (χ0) is 22.1. The summed E-state index contributed by atoms with van der Waals surface area (Å²) in [5.41, 5.74) is 2.42. The van der Waals surface area contributed by atoms with Crippen molar-refractivity contribution >= 4 is 11.6 Å². The molecular weight excluding hydrogens is 410 g/mol. The lowest BCUT2D eigenvalue weighted by Gasteiger charge is -2.10. The zero-order valence-electron chi connectivity index (χ0n) is 16.5. The third-order valence-corrected chi connectivity index (χ3v) is 4.99. The van der Waals surface area contributed by atoms with Gasteiger partial charge >= 0.3 is 5.76 Å². The van der Waals surface area contributed by atoms with Gasteiger partial charge in [-0.15, -0.1) is 0 Å². The molecular formula is C23H15N5O4. The number of hydrogen-bond acceptors (Lipinski definition) is 6. The van der Waals surface area contributed by atoms with Crippen molar-refractivity contribution in [1.82, 2.24) is 24.9 Å². The van der Waals surface area contributed by atoms with Crippen LogP contribution in [0.2, 0.25) is 0 Å². The first-order chi connectivity index (χ1) is 15.6.